The molecule has 6 nitrogen and oxygen atoms in total. The third kappa shape index (κ3) is 2.67. The van der Waals surface area contributed by atoms with Crippen LogP contribution in [-0.4, -0.2) is 71.2 Å². The van der Waals surface area contributed by atoms with Gasteiger partial charge in [0, 0.05) is 25.7 Å². The average molecular weight is 282 g/mol. The predicted octanol–water partition coefficient (Wildman–Crippen LogP) is 0.315. The molecule has 112 valence electrons. The van der Waals surface area contributed by atoms with Gasteiger partial charge in [0.15, 0.2) is 6.10 Å². The number of aliphatic carboxylic acids is 1. The van der Waals surface area contributed by atoms with Crippen molar-refractivity contribution in [3.05, 3.63) is 0 Å². The van der Waals surface area contributed by atoms with Crippen LogP contribution in [0.2, 0.25) is 0 Å². The van der Waals surface area contributed by atoms with Crippen molar-refractivity contribution < 1.29 is 19.4 Å². The molecular formula is C14H22N2O4. The number of nitrogens with zero attached hydrogens (tertiary/aromatic N) is 2. The number of carboxylic acid groups (broad SMARTS) is 1. The van der Waals surface area contributed by atoms with Crippen LogP contribution in [0, 0.1) is 0 Å². The zero-order valence-electron chi connectivity index (χ0n) is 11.7. The van der Waals surface area contributed by atoms with Crippen LogP contribution in [0.5, 0.6) is 0 Å². The number of fused-ring (bicyclic) bond motifs is 1. The standard InChI is InChI=1S/C14H22N2O4/c17-13(11-4-5-12(20-11)14(18)19)16-8-2-7-15-6-1-3-10(15)9-16/h10-12H,1-9H2,(H,18,19)/t10?,11-,12+/m0/s1. The minimum Gasteiger partial charge on any atom is -0.479 e. The summed E-state index contributed by atoms with van der Waals surface area (Å²) in [7, 11) is 0. The highest BCUT2D eigenvalue weighted by Gasteiger charge is 2.38. The Kier molecular flexibility index (Phi) is 3.94. The van der Waals surface area contributed by atoms with E-state index in [0.717, 1.165) is 39.0 Å². The van der Waals surface area contributed by atoms with E-state index in [2.05, 4.69) is 4.90 Å². The lowest BCUT2D eigenvalue weighted by Crippen LogP contribution is -2.44. The molecule has 20 heavy (non-hydrogen) atoms. The maximum Gasteiger partial charge on any atom is 0.332 e. The van der Waals surface area contributed by atoms with Crippen molar-refractivity contribution in [2.75, 3.05) is 26.2 Å². The number of ether oxygens (including phenoxy) is 1. The number of carbonyl (C=O) groups excluding carboxylic acids is 1. The first-order valence-corrected chi connectivity index (χ1v) is 7.56. The monoisotopic (exact) mass is 282 g/mol. The van der Waals surface area contributed by atoms with Crippen LogP contribution in [0.15, 0.2) is 0 Å². The Bertz CT molecular complexity index is 401. The second kappa shape index (κ2) is 5.69. The lowest BCUT2D eigenvalue weighted by molar-refractivity contribution is -0.154. The first-order chi connectivity index (χ1) is 9.65. The Morgan fingerprint density at radius 1 is 1.00 bits per heavy atom. The fraction of sp³-hybridized carbons (Fsp3) is 0.857. The third-order valence-corrected chi connectivity index (χ3v) is 4.69. The Morgan fingerprint density at radius 3 is 2.50 bits per heavy atom. The molecule has 0 aliphatic carbocycles. The number of carbonyl (C=O) groups is 2. The van der Waals surface area contributed by atoms with E-state index in [1.54, 1.807) is 0 Å². The van der Waals surface area contributed by atoms with Crippen LogP contribution < -0.4 is 0 Å². The first-order valence-electron chi connectivity index (χ1n) is 7.56. The van der Waals surface area contributed by atoms with Crippen molar-refractivity contribution in [1.29, 1.82) is 0 Å². The molecule has 0 bridgehead atoms. The van der Waals surface area contributed by atoms with Crippen LogP contribution in [0.25, 0.3) is 0 Å². The zero-order chi connectivity index (χ0) is 14.1. The summed E-state index contributed by atoms with van der Waals surface area (Å²) in [6.07, 6.45) is 2.98. The Morgan fingerprint density at radius 2 is 1.75 bits per heavy atom. The van der Waals surface area contributed by atoms with Crippen LogP contribution in [-0.2, 0) is 14.3 Å². The normalized spacial score (nSPS) is 34.8. The fourth-order valence-electron chi connectivity index (χ4n) is 3.61. The molecule has 3 aliphatic rings. The summed E-state index contributed by atoms with van der Waals surface area (Å²) in [6.45, 7) is 3.76. The average Bonchev–Trinajstić information content (AvgIpc) is 3.03. The van der Waals surface area contributed by atoms with E-state index in [-0.39, 0.29) is 5.91 Å². The number of carboxylic acids is 1. The highest BCUT2D eigenvalue weighted by molar-refractivity contribution is 5.82. The van der Waals surface area contributed by atoms with Crippen molar-refractivity contribution >= 4 is 11.9 Å². The number of amides is 1. The highest BCUT2D eigenvalue weighted by Crippen LogP contribution is 2.25. The van der Waals surface area contributed by atoms with Gasteiger partial charge >= 0.3 is 5.97 Å². The van der Waals surface area contributed by atoms with Gasteiger partial charge in [0.1, 0.15) is 6.10 Å². The molecule has 1 N–H and O–H groups in total. The minimum absolute atomic E-state index is 0.0116. The van der Waals surface area contributed by atoms with E-state index in [9.17, 15) is 9.59 Å². The largest absolute Gasteiger partial charge is 0.479 e. The van der Waals surface area contributed by atoms with Crippen LogP contribution >= 0.6 is 0 Å². The molecule has 6 heteroatoms. The zero-order valence-corrected chi connectivity index (χ0v) is 11.7. The third-order valence-electron chi connectivity index (χ3n) is 4.69. The van der Waals surface area contributed by atoms with E-state index < -0.39 is 18.2 Å². The van der Waals surface area contributed by atoms with Crippen molar-refractivity contribution in [1.82, 2.24) is 9.80 Å². The molecule has 3 saturated heterocycles. The SMILES string of the molecule is O=C(O)[C@H]1CC[C@@H](C(=O)N2CCCN3CCCC3C2)O1. The van der Waals surface area contributed by atoms with Gasteiger partial charge in [-0.3, -0.25) is 9.69 Å². The molecule has 3 heterocycles. The molecule has 3 atom stereocenters. The second-order valence-electron chi connectivity index (χ2n) is 6.00. The van der Waals surface area contributed by atoms with E-state index in [1.807, 2.05) is 4.90 Å². The topological polar surface area (TPSA) is 70.1 Å². The molecule has 0 spiro atoms. The van der Waals surface area contributed by atoms with E-state index in [0.29, 0.717) is 18.9 Å². The van der Waals surface area contributed by atoms with Gasteiger partial charge in [0.2, 0.25) is 0 Å². The molecule has 1 unspecified atom stereocenters. The van der Waals surface area contributed by atoms with Crippen LogP contribution in [0.1, 0.15) is 32.1 Å². The summed E-state index contributed by atoms with van der Waals surface area (Å²) in [5, 5.41) is 8.93. The maximum atomic E-state index is 12.5. The summed E-state index contributed by atoms with van der Waals surface area (Å²) in [5.41, 5.74) is 0. The lowest BCUT2D eigenvalue weighted by Gasteiger charge is -2.27. The maximum absolute atomic E-state index is 12.5. The van der Waals surface area contributed by atoms with Gasteiger partial charge in [-0.2, -0.15) is 0 Å². The van der Waals surface area contributed by atoms with Gasteiger partial charge in [0.05, 0.1) is 0 Å². The fourth-order valence-corrected chi connectivity index (χ4v) is 3.61. The Hall–Kier alpha value is -1.14. The Balaban J connectivity index is 1.60. The van der Waals surface area contributed by atoms with Gasteiger partial charge in [0.25, 0.3) is 5.91 Å². The molecule has 3 aliphatic heterocycles. The smallest absolute Gasteiger partial charge is 0.332 e. The molecular weight excluding hydrogens is 260 g/mol. The molecule has 3 rings (SSSR count). The molecule has 0 aromatic rings. The van der Waals surface area contributed by atoms with E-state index in [4.69, 9.17) is 9.84 Å². The second-order valence-corrected chi connectivity index (χ2v) is 6.00. The summed E-state index contributed by atoms with van der Waals surface area (Å²) in [5.74, 6) is -0.972. The van der Waals surface area contributed by atoms with E-state index >= 15 is 0 Å². The van der Waals surface area contributed by atoms with Crippen molar-refractivity contribution in [2.24, 2.45) is 0 Å². The van der Waals surface area contributed by atoms with Gasteiger partial charge < -0.3 is 14.7 Å². The summed E-state index contributed by atoms with van der Waals surface area (Å²) in [6, 6.07) is 0.484. The van der Waals surface area contributed by atoms with Gasteiger partial charge in [-0.1, -0.05) is 0 Å². The highest BCUT2D eigenvalue weighted by atomic mass is 16.5. The van der Waals surface area contributed by atoms with Gasteiger partial charge in [-0.05, 0) is 38.6 Å². The van der Waals surface area contributed by atoms with Crippen LogP contribution in [0.3, 0.4) is 0 Å². The van der Waals surface area contributed by atoms with Gasteiger partial charge in [-0.25, -0.2) is 4.79 Å². The molecule has 1 amide bonds. The number of rotatable bonds is 2. The summed E-state index contributed by atoms with van der Waals surface area (Å²) < 4.78 is 5.39. The molecule has 3 fully saturated rings. The first kappa shape index (κ1) is 13.8. The van der Waals surface area contributed by atoms with Crippen molar-refractivity contribution in [3.63, 3.8) is 0 Å². The number of hydrogen-bond donors (Lipinski definition) is 1. The quantitative estimate of drug-likeness (QED) is 0.789. The number of hydrogen-bond acceptors (Lipinski definition) is 4. The Labute approximate surface area is 118 Å². The van der Waals surface area contributed by atoms with Crippen molar-refractivity contribution in [3.8, 4) is 0 Å². The van der Waals surface area contributed by atoms with Crippen molar-refractivity contribution in [2.45, 2.75) is 50.4 Å². The minimum atomic E-state index is -0.960. The molecule has 0 aromatic carbocycles. The predicted molar refractivity (Wildman–Crippen MR) is 71.3 cm³/mol. The van der Waals surface area contributed by atoms with E-state index in [1.165, 1.54) is 6.42 Å². The molecule has 0 saturated carbocycles. The summed E-state index contributed by atoms with van der Waals surface area (Å²) in [4.78, 5) is 27.8. The molecule has 0 aromatic heterocycles. The van der Waals surface area contributed by atoms with Crippen LogP contribution in [0.4, 0.5) is 0 Å². The van der Waals surface area contributed by atoms with Gasteiger partial charge in [-0.15, -0.1) is 0 Å². The molecule has 0 radical (unpaired) electrons. The summed E-state index contributed by atoms with van der Waals surface area (Å²) >= 11 is 0. The lowest BCUT2D eigenvalue weighted by atomic mass is 10.1.